The zero-order chi connectivity index (χ0) is 7.82. The molecule has 0 radical (unpaired) electrons. The molecule has 10 heavy (non-hydrogen) atoms. The average Bonchev–Trinajstić information content (AvgIpc) is 1.87. The Labute approximate surface area is 60.7 Å². The van der Waals surface area contributed by atoms with Crippen LogP contribution in [0.1, 0.15) is 6.92 Å². The Bertz CT molecular complexity index is 121. The predicted molar refractivity (Wildman–Crippen MR) is 39.8 cm³/mol. The summed E-state index contributed by atoms with van der Waals surface area (Å²) in [5.74, 6) is 0.0470. The van der Waals surface area contributed by atoms with E-state index in [0.29, 0.717) is 13.1 Å². The molecule has 0 atom stereocenters. The van der Waals surface area contributed by atoms with Gasteiger partial charge in [0, 0.05) is 13.1 Å². The molecule has 0 unspecified atom stereocenters. The predicted octanol–water partition coefficient (Wildman–Crippen LogP) is -0.286. The number of aliphatic hydroxyl groups is 1. The van der Waals surface area contributed by atoms with E-state index in [1.807, 2.05) is 0 Å². The normalized spacial score (nSPS) is 10.6. The van der Waals surface area contributed by atoms with Gasteiger partial charge < -0.3 is 10.4 Å². The van der Waals surface area contributed by atoms with E-state index < -0.39 is 0 Å². The van der Waals surface area contributed by atoms with Crippen molar-refractivity contribution >= 4 is 5.78 Å². The Kier molecular flexibility index (Phi) is 6.02. The summed E-state index contributed by atoms with van der Waals surface area (Å²) in [6.45, 7) is 2.85. The standard InChI is InChI=1S/C7H13NO2/c1-7(10)3-2-4-8-5-6-9/h2-3,8-9H,4-6H2,1H3/b3-2+. The Morgan fingerprint density at radius 2 is 2.40 bits per heavy atom. The maximum atomic E-state index is 10.3. The van der Waals surface area contributed by atoms with Gasteiger partial charge in [-0.05, 0) is 13.0 Å². The quantitative estimate of drug-likeness (QED) is 0.411. The molecule has 3 nitrogen and oxygen atoms in total. The van der Waals surface area contributed by atoms with Crippen LogP contribution in [0.25, 0.3) is 0 Å². The van der Waals surface area contributed by atoms with Crippen LogP contribution in [-0.2, 0) is 4.79 Å². The number of rotatable bonds is 5. The van der Waals surface area contributed by atoms with Crippen LogP contribution in [0.3, 0.4) is 0 Å². The number of carbonyl (C=O) groups is 1. The van der Waals surface area contributed by atoms with E-state index in [0.717, 1.165) is 0 Å². The van der Waals surface area contributed by atoms with Crippen molar-refractivity contribution in [1.29, 1.82) is 0 Å². The molecule has 0 spiro atoms. The van der Waals surface area contributed by atoms with Crippen LogP contribution in [0.15, 0.2) is 12.2 Å². The van der Waals surface area contributed by atoms with E-state index >= 15 is 0 Å². The molecule has 0 heterocycles. The molecule has 0 saturated heterocycles. The number of nitrogens with one attached hydrogen (secondary N) is 1. The summed E-state index contributed by atoms with van der Waals surface area (Å²) in [6.07, 6.45) is 3.24. The van der Waals surface area contributed by atoms with Gasteiger partial charge in [0.2, 0.25) is 0 Å². The van der Waals surface area contributed by atoms with Crippen LogP contribution in [0.2, 0.25) is 0 Å². The molecule has 0 aromatic rings. The summed E-state index contributed by atoms with van der Waals surface area (Å²) < 4.78 is 0. The third kappa shape index (κ3) is 7.33. The summed E-state index contributed by atoms with van der Waals surface area (Å²) in [5, 5.41) is 11.2. The van der Waals surface area contributed by atoms with Crippen LogP contribution in [0, 0.1) is 0 Å². The number of hydrogen-bond acceptors (Lipinski definition) is 3. The molecule has 0 aliphatic rings. The minimum atomic E-state index is 0.0470. The second-order valence-electron chi connectivity index (χ2n) is 1.94. The van der Waals surface area contributed by atoms with Crippen molar-refractivity contribution in [2.75, 3.05) is 19.7 Å². The molecule has 3 heteroatoms. The van der Waals surface area contributed by atoms with Crippen molar-refractivity contribution in [3.8, 4) is 0 Å². The highest BCUT2D eigenvalue weighted by Crippen LogP contribution is 1.72. The van der Waals surface area contributed by atoms with E-state index in [9.17, 15) is 4.79 Å². The van der Waals surface area contributed by atoms with Gasteiger partial charge in [-0.25, -0.2) is 0 Å². The number of ketones is 1. The Hall–Kier alpha value is -0.670. The third-order valence-corrected chi connectivity index (χ3v) is 0.903. The Morgan fingerprint density at radius 1 is 1.70 bits per heavy atom. The lowest BCUT2D eigenvalue weighted by Gasteiger charge is -1.94. The van der Waals surface area contributed by atoms with Gasteiger partial charge >= 0.3 is 0 Å². The van der Waals surface area contributed by atoms with Crippen LogP contribution in [0.4, 0.5) is 0 Å². The molecule has 0 saturated carbocycles. The first-order valence-corrected chi connectivity index (χ1v) is 3.26. The second-order valence-corrected chi connectivity index (χ2v) is 1.94. The van der Waals surface area contributed by atoms with Crippen molar-refractivity contribution in [3.05, 3.63) is 12.2 Å². The molecule has 0 rings (SSSR count). The topological polar surface area (TPSA) is 49.3 Å². The lowest BCUT2D eigenvalue weighted by molar-refractivity contribution is -0.112. The molecule has 0 amide bonds. The van der Waals surface area contributed by atoms with Gasteiger partial charge in [0.15, 0.2) is 5.78 Å². The second kappa shape index (κ2) is 6.45. The highest BCUT2D eigenvalue weighted by Gasteiger charge is 1.81. The van der Waals surface area contributed by atoms with E-state index in [2.05, 4.69) is 5.32 Å². The first-order chi connectivity index (χ1) is 4.77. The van der Waals surface area contributed by atoms with E-state index in [1.165, 1.54) is 13.0 Å². The molecular weight excluding hydrogens is 130 g/mol. The summed E-state index contributed by atoms with van der Waals surface area (Å²) in [5.41, 5.74) is 0. The number of allylic oxidation sites excluding steroid dienone is 1. The summed E-state index contributed by atoms with van der Waals surface area (Å²) in [7, 11) is 0. The number of hydrogen-bond donors (Lipinski definition) is 2. The number of aliphatic hydroxyl groups excluding tert-OH is 1. The largest absolute Gasteiger partial charge is 0.395 e. The maximum Gasteiger partial charge on any atom is 0.152 e. The van der Waals surface area contributed by atoms with Crippen molar-refractivity contribution in [2.24, 2.45) is 0 Å². The fourth-order valence-corrected chi connectivity index (χ4v) is 0.489. The lowest BCUT2D eigenvalue weighted by atomic mass is 10.4. The first-order valence-electron chi connectivity index (χ1n) is 3.26. The van der Waals surface area contributed by atoms with Crippen molar-refractivity contribution in [1.82, 2.24) is 5.32 Å². The van der Waals surface area contributed by atoms with Crippen molar-refractivity contribution in [2.45, 2.75) is 6.92 Å². The summed E-state index contributed by atoms with van der Waals surface area (Å²) in [4.78, 5) is 10.3. The van der Waals surface area contributed by atoms with Crippen LogP contribution in [-0.4, -0.2) is 30.6 Å². The van der Waals surface area contributed by atoms with Gasteiger partial charge in [-0.3, -0.25) is 4.79 Å². The molecule has 0 bridgehead atoms. The minimum Gasteiger partial charge on any atom is -0.395 e. The van der Waals surface area contributed by atoms with Crippen molar-refractivity contribution in [3.63, 3.8) is 0 Å². The number of carbonyl (C=O) groups excluding carboxylic acids is 1. The molecule has 0 aliphatic heterocycles. The van der Waals surface area contributed by atoms with Gasteiger partial charge in [0.05, 0.1) is 6.61 Å². The lowest BCUT2D eigenvalue weighted by Crippen LogP contribution is -2.17. The molecule has 0 aliphatic carbocycles. The van der Waals surface area contributed by atoms with Gasteiger partial charge in [0.1, 0.15) is 0 Å². The van der Waals surface area contributed by atoms with Gasteiger partial charge in [-0.15, -0.1) is 0 Å². The Balaban J connectivity index is 3.10. The van der Waals surface area contributed by atoms with E-state index in [-0.39, 0.29) is 12.4 Å². The third-order valence-electron chi connectivity index (χ3n) is 0.903. The van der Waals surface area contributed by atoms with E-state index in [4.69, 9.17) is 5.11 Å². The summed E-state index contributed by atoms with van der Waals surface area (Å²) >= 11 is 0. The highest BCUT2D eigenvalue weighted by molar-refractivity contribution is 5.87. The highest BCUT2D eigenvalue weighted by atomic mass is 16.3. The molecule has 0 fully saturated rings. The molecule has 2 N–H and O–H groups in total. The van der Waals surface area contributed by atoms with Gasteiger partial charge in [0.25, 0.3) is 0 Å². The van der Waals surface area contributed by atoms with E-state index in [1.54, 1.807) is 6.08 Å². The SMILES string of the molecule is CC(=O)/C=C/CNCCO. The van der Waals surface area contributed by atoms with Gasteiger partial charge in [-0.2, -0.15) is 0 Å². The fraction of sp³-hybridized carbons (Fsp3) is 0.571. The fourth-order valence-electron chi connectivity index (χ4n) is 0.489. The van der Waals surface area contributed by atoms with Crippen LogP contribution < -0.4 is 5.32 Å². The van der Waals surface area contributed by atoms with Crippen molar-refractivity contribution < 1.29 is 9.90 Å². The Morgan fingerprint density at radius 3 is 2.90 bits per heavy atom. The molecular formula is C7H13NO2. The average molecular weight is 143 g/mol. The molecule has 58 valence electrons. The molecule has 0 aromatic heterocycles. The van der Waals surface area contributed by atoms with Crippen LogP contribution >= 0.6 is 0 Å². The maximum absolute atomic E-state index is 10.3. The minimum absolute atomic E-state index is 0.0470. The zero-order valence-electron chi connectivity index (χ0n) is 6.13. The molecule has 0 aromatic carbocycles. The van der Waals surface area contributed by atoms with Gasteiger partial charge in [-0.1, -0.05) is 6.08 Å². The van der Waals surface area contributed by atoms with Crippen LogP contribution in [0.5, 0.6) is 0 Å². The monoisotopic (exact) mass is 143 g/mol. The first kappa shape index (κ1) is 9.33. The zero-order valence-corrected chi connectivity index (χ0v) is 6.13. The summed E-state index contributed by atoms with van der Waals surface area (Å²) in [6, 6.07) is 0. The smallest absolute Gasteiger partial charge is 0.152 e.